The minimum absolute atomic E-state index is 0.119. The molecule has 0 aliphatic rings. The van der Waals surface area contributed by atoms with Crippen molar-refractivity contribution >= 4 is 6.03 Å². The van der Waals surface area contributed by atoms with Gasteiger partial charge in [-0.15, -0.1) is 0 Å². The molecule has 130 valence electrons. The van der Waals surface area contributed by atoms with Crippen molar-refractivity contribution in [2.75, 3.05) is 13.1 Å². The lowest BCUT2D eigenvalue weighted by molar-refractivity contribution is 0.0476. The van der Waals surface area contributed by atoms with E-state index >= 15 is 0 Å². The summed E-state index contributed by atoms with van der Waals surface area (Å²) in [6, 6.07) is 3.46. The number of benzene rings is 1. The lowest BCUT2D eigenvalue weighted by atomic mass is 10.1. The molecule has 1 aromatic rings. The molecular weight excluding hydrogens is 302 g/mol. The number of nitrogens with one attached hydrogen (secondary N) is 1. The highest BCUT2D eigenvalue weighted by molar-refractivity contribution is 5.74. The van der Waals surface area contributed by atoms with Crippen LogP contribution in [0, 0.1) is 11.6 Å². The number of rotatable bonds is 7. The molecule has 1 atom stereocenters. The van der Waals surface area contributed by atoms with Crippen molar-refractivity contribution in [2.45, 2.75) is 52.2 Å². The van der Waals surface area contributed by atoms with Crippen LogP contribution in [-0.2, 0) is 6.42 Å². The van der Waals surface area contributed by atoms with Crippen molar-refractivity contribution in [2.24, 2.45) is 0 Å². The van der Waals surface area contributed by atoms with Gasteiger partial charge in [0.05, 0.1) is 12.1 Å². The van der Waals surface area contributed by atoms with Gasteiger partial charge in [-0.3, -0.25) is 0 Å². The van der Waals surface area contributed by atoms with E-state index in [1.54, 1.807) is 19.9 Å². The molecule has 0 aliphatic carbocycles. The molecule has 1 rings (SSSR count). The molecule has 0 radical (unpaired) electrons. The monoisotopic (exact) mass is 328 g/mol. The predicted molar refractivity (Wildman–Crippen MR) is 86.2 cm³/mol. The molecule has 4 nitrogen and oxygen atoms in total. The van der Waals surface area contributed by atoms with E-state index in [4.69, 9.17) is 0 Å². The number of amides is 2. The summed E-state index contributed by atoms with van der Waals surface area (Å²) in [6.45, 7) is 7.73. The van der Waals surface area contributed by atoms with Gasteiger partial charge < -0.3 is 15.3 Å². The van der Waals surface area contributed by atoms with Crippen molar-refractivity contribution in [3.8, 4) is 0 Å². The van der Waals surface area contributed by atoms with E-state index < -0.39 is 17.2 Å². The highest BCUT2D eigenvalue weighted by Crippen LogP contribution is 2.12. The highest BCUT2D eigenvalue weighted by atomic mass is 19.2. The molecule has 2 amide bonds. The molecule has 0 bridgehead atoms. The standard InChI is InChI=1S/C17H26F2N2O2/c1-5-21(11-17(3,4)23)16(22)20-12(2)6-7-13-8-9-14(18)15(19)10-13/h8-10,12,23H,5-7,11H2,1-4H3,(H,20,22). The third-order valence-electron chi connectivity index (χ3n) is 3.47. The average Bonchev–Trinajstić information content (AvgIpc) is 2.45. The van der Waals surface area contributed by atoms with Gasteiger partial charge >= 0.3 is 6.03 Å². The van der Waals surface area contributed by atoms with Crippen LogP contribution >= 0.6 is 0 Å². The second-order valence-corrected chi connectivity index (χ2v) is 6.46. The van der Waals surface area contributed by atoms with E-state index in [2.05, 4.69) is 5.32 Å². The number of urea groups is 1. The van der Waals surface area contributed by atoms with Crippen LogP contribution in [0.25, 0.3) is 0 Å². The first-order chi connectivity index (χ1) is 10.6. The molecule has 0 aliphatic heterocycles. The Bertz CT molecular complexity index is 530. The fourth-order valence-electron chi connectivity index (χ4n) is 2.25. The maximum Gasteiger partial charge on any atom is 0.317 e. The van der Waals surface area contributed by atoms with Gasteiger partial charge in [-0.25, -0.2) is 13.6 Å². The number of carbonyl (C=O) groups excluding carboxylic acids is 1. The molecule has 0 heterocycles. The van der Waals surface area contributed by atoms with Crippen LogP contribution in [0.1, 0.15) is 39.7 Å². The van der Waals surface area contributed by atoms with Gasteiger partial charge in [-0.1, -0.05) is 6.07 Å². The summed E-state index contributed by atoms with van der Waals surface area (Å²) >= 11 is 0. The molecule has 2 N–H and O–H groups in total. The van der Waals surface area contributed by atoms with E-state index in [0.717, 1.165) is 6.07 Å². The van der Waals surface area contributed by atoms with E-state index in [1.807, 2.05) is 13.8 Å². The number of nitrogens with zero attached hydrogens (tertiary/aromatic N) is 1. The molecule has 1 aromatic carbocycles. The van der Waals surface area contributed by atoms with Crippen LogP contribution in [0.5, 0.6) is 0 Å². The zero-order chi connectivity index (χ0) is 17.6. The fourth-order valence-corrected chi connectivity index (χ4v) is 2.25. The topological polar surface area (TPSA) is 52.6 Å². The number of hydrogen-bond acceptors (Lipinski definition) is 2. The van der Waals surface area contributed by atoms with Gasteiger partial charge in [0.15, 0.2) is 11.6 Å². The van der Waals surface area contributed by atoms with E-state index in [-0.39, 0.29) is 18.6 Å². The second-order valence-electron chi connectivity index (χ2n) is 6.46. The Morgan fingerprint density at radius 2 is 2.00 bits per heavy atom. The molecule has 0 aromatic heterocycles. The first-order valence-corrected chi connectivity index (χ1v) is 7.84. The summed E-state index contributed by atoms with van der Waals surface area (Å²) in [5.74, 6) is -1.72. The number of halogens is 2. The van der Waals surface area contributed by atoms with Crippen molar-refractivity contribution in [3.63, 3.8) is 0 Å². The predicted octanol–water partition coefficient (Wildman–Crippen LogP) is 3.09. The number of aryl methyl sites for hydroxylation is 1. The Hall–Kier alpha value is -1.69. The van der Waals surface area contributed by atoms with Crippen LogP contribution in [0.15, 0.2) is 18.2 Å². The minimum atomic E-state index is -0.956. The van der Waals surface area contributed by atoms with Gasteiger partial charge in [-0.2, -0.15) is 0 Å². The summed E-state index contributed by atoms with van der Waals surface area (Å²) in [5, 5.41) is 12.7. The van der Waals surface area contributed by atoms with Gasteiger partial charge in [-0.05, 0) is 58.2 Å². The quantitative estimate of drug-likeness (QED) is 0.808. The zero-order valence-corrected chi connectivity index (χ0v) is 14.2. The second kappa shape index (κ2) is 8.24. The lowest BCUT2D eigenvalue weighted by Gasteiger charge is -2.29. The van der Waals surface area contributed by atoms with Crippen molar-refractivity contribution in [3.05, 3.63) is 35.4 Å². The Labute approximate surface area is 136 Å². The van der Waals surface area contributed by atoms with Crippen LogP contribution in [0.3, 0.4) is 0 Å². The maximum absolute atomic E-state index is 13.1. The molecule has 0 saturated heterocycles. The average molecular weight is 328 g/mol. The third kappa shape index (κ3) is 6.95. The van der Waals surface area contributed by atoms with Crippen molar-refractivity contribution in [1.29, 1.82) is 0 Å². The molecule has 23 heavy (non-hydrogen) atoms. The SMILES string of the molecule is CCN(CC(C)(C)O)C(=O)NC(C)CCc1ccc(F)c(F)c1. The van der Waals surface area contributed by atoms with Crippen LogP contribution in [0.2, 0.25) is 0 Å². The fraction of sp³-hybridized carbons (Fsp3) is 0.588. The van der Waals surface area contributed by atoms with Gasteiger partial charge in [0.25, 0.3) is 0 Å². The van der Waals surface area contributed by atoms with E-state index in [0.29, 0.717) is 24.9 Å². The first kappa shape index (κ1) is 19.4. The zero-order valence-electron chi connectivity index (χ0n) is 14.2. The van der Waals surface area contributed by atoms with Gasteiger partial charge in [0.2, 0.25) is 0 Å². The molecule has 6 heteroatoms. The molecular formula is C17H26F2N2O2. The molecule has 0 fully saturated rings. The number of aliphatic hydroxyl groups is 1. The molecule has 0 saturated carbocycles. The summed E-state index contributed by atoms with van der Waals surface area (Å²) in [4.78, 5) is 13.7. The summed E-state index contributed by atoms with van der Waals surface area (Å²) < 4.78 is 26.0. The van der Waals surface area contributed by atoms with Crippen molar-refractivity contribution < 1.29 is 18.7 Å². The minimum Gasteiger partial charge on any atom is -0.389 e. The first-order valence-electron chi connectivity index (χ1n) is 7.84. The van der Waals surface area contributed by atoms with Crippen molar-refractivity contribution in [1.82, 2.24) is 10.2 Å². The Balaban J connectivity index is 2.49. The Kier molecular flexibility index (Phi) is 6.94. The molecule has 1 unspecified atom stereocenters. The van der Waals surface area contributed by atoms with Gasteiger partial charge in [0, 0.05) is 12.6 Å². The number of carbonyl (C=O) groups is 1. The van der Waals surface area contributed by atoms with Crippen LogP contribution < -0.4 is 5.32 Å². The maximum atomic E-state index is 13.1. The Morgan fingerprint density at radius 1 is 1.35 bits per heavy atom. The summed E-state index contributed by atoms with van der Waals surface area (Å²) in [7, 11) is 0. The number of likely N-dealkylation sites (N-methyl/N-ethyl adjacent to an activating group) is 1. The Morgan fingerprint density at radius 3 is 2.52 bits per heavy atom. The summed E-state index contributed by atoms with van der Waals surface area (Å²) in [5.41, 5.74) is -0.267. The van der Waals surface area contributed by atoms with Crippen LogP contribution in [-0.4, -0.2) is 40.8 Å². The largest absolute Gasteiger partial charge is 0.389 e. The molecule has 0 spiro atoms. The van der Waals surface area contributed by atoms with Gasteiger partial charge in [0.1, 0.15) is 0 Å². The number of hydrogen-bond donors (Lipinski definition) is 2. The lowest BCUT2D eigenvalue weighted by Crippen LogP contribution is -2.49. The van der Waals surface area contributed by atoms with Crippen LogP contribution in [0.4, 0.5) is 13.6 Å². The smallest absolute Gasteiger partial charge is 0.317 e. The van der Waals surface area contributed by atoms with E-state index in [1.165, 1.54) is 11.0 Å². The van der Waals surface area contributed by atoms with E-state index in [9.17, 15) is 18.7 Å². The third-order valence-corrected chi connectivity index (χ3v) is 3.47. The normalized spacial score (nSPS) is 12.8. The summed E-state index contributed by atoms with van der Waals surface area (Å²) in [6.07, 6.45) is 1.15. The highest BCUT2D eigenvalue weighted by Gasteiger charge is 2.22.